The Labute approximate surface area is 246 Å². The molecule has 0 saturated heterocycles. The zero-order chi connectivity index (χ0) is 27.9. The molecule has 0 unspecified atom stereocenters. The van der Waals surface area contributed by atoms with Gasteiger partial charge in [0.1, 0.15) is 11.0 Å². The van der Waals surface area contributed by atoms with Crippen LogP contribution in [0.3, 0.4) is 0 Å². The molecule has 0 N–H and O–H groups in total. The van der Waals surface area contributed by atoms with Gasteiger partial charge in [0, 0.05) is 0 Å². The topological polar surface area (TPSA) is 54.5 Å². The maximum absolute atomic E-state index is 9.08. The molecule has 7 aromatic rings. The highest BCUT2D eigenvalue weighted by Crippen LogP contribution is 2.36. The fourth-order valence-corrected chi connectivity index (χ4v) is 5.50. The highest BCUT2D eigenvalue weighted by atomic mass is 35.5. The molecule has 4 nitrogen and oxygen atoms in total. The molecule has 41 heavy (non-hydrogen) atoms. The van der Waals surface area contributed by atoms with E-state index < -0.39 is 0 Å². The predicted octanol–water partition coefficient (Wildman–Crippen LogP) is 9.75. The van der Waals surface area contributed by atoms with E-state index in [0.717, 1.165) is 33.5 Å². The van der Waals surface area contributed by atoms with Crippen LogP contribution in [0.2, 0.25) is 10.0 Å². The summed E-state index contributed by atoms with van der Waals surface area (Å²) in [7, 11) is 0. The van der Waals surface area contributed by atoms with Crippen molar-refractivity contribution < 1.29 is 0 Å². The van der Waals surface area contributed by atoms with Crippen molar-refractivity contribution in [1.82, 2.24) is 15.0 Å². The van der Waals surface area contributed by atoms with E-state index >= 15 is 0 Å². The van der Waals surface area contributed by atoms with E-state index in [-0.39, 0.29) is 0 Å². The van der Waals surface area contributed by atoms with Gasteiger partial charge in [0.15, 0.2) is 0 Å². The van der Waals surface area contributed by atoms with Gasteiger partial charge >= 0.3 is 0 Å². The van der Waals surface area contributed by atoms with Crippen molar-refractivity contribution in [1.29, 1.82) is 5.26 Å². The minimum atomic E-state index is 0.458. The number of benzene rings is 6. The summed E-state index contributed by atoms with van der Waals surface area (Å²) in [6, 6.07) is 43.0. The Morgan fingerprint density at radius 2 is 0.976 bits per heavy atom. The van der Waals surface area contributed by atoms with E-state index in [4.69, 9.17) is 28.5 Å². The Morgan fingerprint density at radius 1 is 0.537 bits per heavy atom. The molecule has 1 aromatic heterocycles. The monoisotopic (exact) mass is 566 g/mol. The molecule has 6 aromatic carbocycles. The predicted molar refractivity (Wildman–Crippen MR) is 167 cm³/mol. The molecule has 0 atom stereocenters. The van der Waals surface area contributed by atoms with Gasteiger partial charge in [-0.25, -0.2) is 0 Å². The second-order valence-corrected chi connectivity index (χ2v) is 10.6. The molecule has 0 aliphatic heterocycles. The van der Waals surface area contributed by atoms with Gasteiger partial charge in [-0.1, -0.05) is 108 Å². The SMILES string of the molecule is N#Cc1ccc(-c2ccc(-c3ccc(-c4ccc(-n5nc6cc(Cl)c(Cl)cc6n5)cc4)c4ccccc34)cc2)cc1. The van der Waals surface area contributed by atoms with Crippen LogP contribution in [0.1, 0.15) is 5.56 Å². The number of rotatable bonds is 4. The first kappa shape index (κ1) is 25.0. The smallest absolute Gasteiger partial charge is 0.115 e. The third-order valence-electron chi connectivity index (χ3n) is 7.30. The first-order valence-corrected chi connectivity index (χ1v) is 13.8. The summed E-state index contributed by atoms with van der Waals surface area (Å²) in [5.74, 6) is 0. The summed E-state index contributed by atoms with van der Waals surface area (Å²) in [4.78, 5) is 1.60. The number of hydrogen-bond acceptors (Lipinski definition) is 3. The van der Waals surface area contributed by atoms with Gasteiger partial charge in [0.25, 0.3) is 0 Å². The summed E-state index contributed by atoms with van der Waals surface area (Å²) in [6.07, 6.45) is 0. The molecule has 0 amide bonds. The van der Waals surface area contributed by atoms with E-state index in [1.165, 1.54) is 16.3 Å². The second kappa shape index (κ2) is 10.2. The van der Waals surface area contributed by atoms with Crippen molar-refractivity contribution in [3.05, 3.63) is 137 Å². The number of halogens is 2. The van der Waals surface area contributed by atoms with Crippen LogP contribution in [0.4, 0.5) is 0 Å². The normalized spacial score (nSPS) is 11.1. The van der Waals surface area contributed by atoms with E-state index in [9.17, 15) is 0 Å². The highest BCUT2D eigenvalue weighted by molar-refractivity contribution is 6.42. The zero-order valence-electron chi connectivity index (χ0n) is 21.6. The first-order valence-electron chi connectivity index (χ1n) is 13.0. The Kier molecular flexibility index (Phi) is 6.24. The number of nitriles is 1. The lowest BCUT2D eigenvalue weighted by atomic mass is 9.91. The molecule has 1 heterocycles. The van der Waals surface area contributed by atoms with Crippen LogP contribution in [0.15, 0.2) is 121 Å². The van der Waals surface area contributed by atoms with Crippen LogP contribution in [-0.2, 0) is 0 Å². The fourth-order valence-electron chi connectivity index (χ4n) is 5.18. The lowest BCUT2D eigenvalue weighted by Crippen LogP contribution is -1.98. The lowest BCUT2D eigenvalue weighted by Gasteiger charge is -2.13. The summed E-state index contributed by atoms with van der Waals surface area (Å²) in [5, 5.41) is 21.5. The molecule has 0 bridgehead atoms. The van der Waals surface area contributed by atoms with E-state index in [0.29, 0.717) is 26.6 Å². The molecular formula is C35H20Cl2N4. The van der Waals surface area contributed by atoms with Crippen LogP contribution >= 0.6 is 23.2 Å². The molecule has 0 radical (unpaired) electrons. The molecular weight excluding hydrogens is 547 g/mol. The van der Waals surface area contributed by atoms with Gasteiger partial charge in [-0.15, -0.1) is 10.2 Å². The third kappa shape index (κ3) is 4.62. The quantitative estimate of drug-likeness (QED) is 0.213. The van der Waals surface area contributed by atoms with Crippen LogP contribution < -0.4 is 0 Å². The van der Waals surface area contributed by atoms with Gasteiger partial charge < -0.3 is 0 Å². The molecule has 7 rings (SSSR count). The molecule has 0 fully saturated rings. The molecule has 0 spiro atoms. The van der Waals surface area contributed by atoms with Crippen molar-refractivity contribution >= 4 is 45.0 Å². The van der Waals surface area contributed by atoms with Crippen molar-refractivity contribution in [2.45, 2.75) is 0 Å². The van der Waals surface area contributed by atoms with Crippen molar-refractivity contribution in [3.63, 3.8) is 0 Å². The van der Waals surface area contributed by atoms with E-state index in [1.54, 1.807) is 16.9 Å². The zero-order valence-corrected chi connectivity index (χ0v) is 23.1. The second-order valence-electron chi connectivity index (χ2n) is 9.76. The molecule has 0 aliphatic carbocycles. The van der Waals surface area contributed by atoms with Crippen molar-refractivity contribution in [2.24, 2.45) is 0 Å². The van der Waals surface area contributed by atoms with E-state index in [1.807, 2.05) is 36.4 Å². The van der Waals surface area contributed by atoms with Crippen LogP contribution in [-0.4, -0.2) is 15.0 Å². The Hall–Kier alpha value is -4.95. The van der Waals surface area contributed by atoms with Crippen molar-refractivity contribution in [3.8, 4) is 45.1 Å². The Balaban J connectivity index is 1.22. The average molecular weight is 567 g/mol. The van der Waals surface area contributed by atoms with Gasteiger partial charge in [0.2, 0.25) is 0 Å². The third-order valence-corrected chi connectivity index (χ3v) is 8.02. The first-order chi connectivity index (χ1) is 20.1. The summed E-state index contributed by atoms with van der Waals surface area (Å²) in [6.45, 7) is 0. The van der Waals surface area contributed by atoms with E-state index in [2.05, 4.69) is 89.1 Å². The minimum Gasteiger partial charge on any atom is -0.192 e. The van der Waals surface area contributed by atoms with Crippen LogP contribution in [0.5, 0.6) is 0 Å². The fraction of sp³-hybridized carbons (Fsp3) is 0. The van der Waals surface area contributed by atoms with Crippen LogP contribution in [0, 0.1) is 11.3 Å². The number of aromatic nitrogens is 3. The average Bonchev–Trinajstić information content (AvgIpc) is 3.43. The number of nitrogens with zero attached hydrogens (tertiary/aromatic N) is 4. The summed E-state index contributed by atoms with van der Waals surface area (Å²) in [5.41, 5.74) is 9.68. The van der Waals surface area contributed by atoms with Crippen molar-refractivity contribution in [2.75, 3.05) is 0 Å². The summed E-state index contributed by atoms with van der Waals surface area (Å²) >= 11 is 12.3. The Morgan fingerprint density at radius 3 is 1.46 bits per heavy atom. The Bertz CT molecular complexity index is 2070. The van der Waals surface area contributed by atoms with Gasteiger partial charge in [-0.3, -0.25) is 0 Å². The number of fused-ring (bicyclic) bond motifs is 2. The molecule has 194 valence electrons. The lowest BCUT2D eigenvalue weighted by molar-refractivity contribution is 0.766. The van der Waals surface area contributed by atoms with Gasteiger partial charge in [-0.2, -0.15) is 10.1 Å². The molecule has 0 saturated carbocycles. The largest absolute Gasteiger partial charge is 0.192 e. The standard InChI is InChI=1S/C35H20Cl2N4/c36-32-19-34-35(20-33(32)37)40-41(39-34)27-15-13-26(14-16-27)29-18-17-28(30-3-1-2-4-31(29)30)25-11-9-24(10-12-25)23-7-5-22(21-38)6-8-23/h1-20H. The molecule has 6 heteroatoms. The maximum Gasteiger partial charge on any atom is 0.115 e. The van der Waals surface area contributed by atoms with Gasteiger partial charge in [0.05, 0.1) is 27.4 Å². The summed E-state index contributed by atoms with van der Waals surface area (Å²) < 4.78 is 0. The highest BCUT2D eigenvalue weighted by Gasteiger charge is 2.12. The number of hydrogen-bond donors (Lipinski definition) is 0. The maximum atomic E-state index is 9.08. The minimum absolute atomic E-state index is 0.458. The van der Waals surface area contributed by atoms with Gasteiger partial charge in [-0.05, 0) is 80.6 Å². The molecule has 0 aliphatic rings. The van der Waals surface area contributed by atoms with Crippen LogP contribution in [0.25, 0.3) is 60.9 Å².